The number of hydrogen-bond donors (Lipinski definition) is 0. The molecule has 1 aliphatic heterocycles. The highest BCUT2D eigenvalue weighted by Crippen LogP contribution is 2.43. The molecular formula is C10H8F4O. The lowest BCUT2D eigenvalue weighted by atomic mass is 9.91. The highest BCUT2D eigenvalue weighted by molar-refractivity contribution is 5.40. The van der Waals surface area contributed by atoms with E-state index in [0.717, 1.165) is 13.0 Å². The number of rotatable bonds is 0. The van der Waals surface area contributed by atoms with Gasteiger partial charge in [0.05, 0.1) is 5.92 Å². The molecule has 0 N–H and O–H groups in total. The van der Waals surface area contributed by atoms with E-state index in [1.54, 1.807) is 0 Å². The van der Waals surface area contributed by atoms with Gasteiger partial charge >= 0.3 is 0 Å². The van der Waals surface area contributed by atoms with Crippen molar-refractivity contribution in [2.45, 2.75) is 18.8 Å². The van der Waals surface area contributed by atoms with Crippen LogP contribution in [0.25, 0.3) is 0 Å². The third-order valence-corrected chi connectivity index (χ3v) is 2.58. The maximum Gasteiger partial charge on any atom is 0.288 e. The smallest absolute Gasteiger partial charge is 0.288 e. The second kappa shape index (κ2) is 3.12. The van der Waals surface area contributed by atoms with Crippen molar-refractivity contribution in [2.24, 2.45) is 0 Å². The Morgan fingerprint density at radius 2 is 2.00 bits per heavy atom. The van der Waals surface area contributed by atoms with Crippen LogP contribution in [0.5, 0.6) is 5.75 Å². The molecule has 0 saturated carbocycles. The summed E-state index contributed by atoms with van der Waals surface area (Å²) in [5.74, 6) is -6.94. The monoisotopic (exact) mass is 220 g/mol. The van der Waals surface area contributed by atoms with Crippen molar-refractivity contribution in [1.29, 1.82) is 0 Å². The Kier molecular flexibility index (Phi) is 2.13. The van der Waals surface area contributed by atoms with Gasteiger partial charge in [-0.05, 0) is 12.1 Å². The van der Waals surface area contributed by atoms with Crippen LogP contribution in [0.2, 0.25) is 0 Å². The first-order valence-electron chi connectivity index (χ1n) is 4.42. The topological polar surface area (TPSA) is 9.23 Å². The van der Waals surface area contributed by atoms with Crippen molar-refractivity contribution >= 4 is 0 Å². The second-order valence-electron chi connectivity index (χ2n) is 3.54. The van der Waals surface area contributed by atoms with Gasteiger partial charge in [-0.25, -0.2) is 17.6 Å². The zero-order valence-electron chi connectivity index (χ0n) is 7.86. The van der Waals surface area contributed by atoms with E-state index >= 15 is 0 Å². The van der Waals surface area contributed by atoms with Crippen molar-refractivity contribution in [3.63, 3.8) is 0 Å². The van der Waals surface area contributed by atoms with E-state index in [0.29, 0.717) is 0 Å². The van der Waals surface area contributed by atoms with Crippen LogP contribution in [-0.2, 0) is 0 Å². The molecule has 2 rings (SSSR count). The Morgan fingerprint density at radius 3 is 2.67 bits per heavy atom. The summed E-state index contributed by atoms with van der Waals surface area (Å²) in [6.45, 7) is 0.357. The molecule has 0 aliphatic carbocycles. The first-order valence-corrected chi connectivity index (χ1v) is 4.42. The molecule has 15 heavy (non-hydrogen) atoms. The number of fused-ring (bicyclic) bond motifs is 1. The zero-order chi connectivity index (χ0) is 11.2. The quantitative estimate of drug-likeness (QED) is 0.610. The van der Waals surface area contributed by atoms with E-state index in [-0.39, 0.29) is 11.3 Å². The molecule has 0 bridgehead atoms. The number of hydrogen-bond acceptors (Lipinski definition) is 1. The van der Waals surface area contributed by atoms with Gasteiger partial charge in [-0.3, -0.25) is 0 Å². The molecule has 0 radical (unpaired) electrons. The van der Waals surface area contributed by atoms with Crippen molar-refractivity contribution in [1.82, 2.24) is 0 Å². The molecule has 0 amide bonds. The molecule has 1 aromatic carbocycles. The van der Waals surface area contributed by atoms with Gasteiger partial charge in [0.1, 0.15) is 5.75 Å². The summed E-state index contributed by atoms with van der Waals surface area (Å²) in [7, 11) is 0. The van der Waals surface area contributed by atoms with Gasteiger partial charge in [0.2, 0.25) is 0 Å². The Morgan fingerprint density at radius 1 is 1.33 bits per heavy atom. The van der Waals surface area contributed by atoms with Crippen LogP contribution in [0, 0.1) is 11.6 Å². The van der Waals surface area contributed by atoms with Crippen LogP contribution in [-0.4, -0.2) is 12.5 Å². The Hall–Kier alpha value is -1.26. The lowest BCUT2D eigenvalue weighted by molar-refractivity contribution is -0.0735. The van der Waals surface area contributed by atoms with Gasteiger partial charge < -0.3 is 4.74 Å². The lowest BCUT2D eigenvalue weighted by Gasteiger charge is -2.31. The molecule has 1 aromatic rings. The zero-order valence-corrected chi connectivity index (χ0v) is 7.86. The first-order chi connectivity index (χ1) is 6.93. The fourth-order valence-corrected chi connectivity index (χ4v) is 1.59. The van der Waals surface area contributed by atoms with Gasteiger partial charge in [-0.15, -0.1) is 0 Å². The molecule has 0 saturated heterocycles. The lowest BCUT2D eigenvalue weighted by Crippen LogP contribution is -2.36. The van der Waals surface area contributed by atoms with Crippen molar-refractivity contribution in [3.05, 3.63) is 29.3 Å². The van der Waals surface area contributed by atoms with Gasteiger partial charge in [0.15, 0.2) is 18.2 Å². The van der Waals surface area contributed by atoms with Gasteiger partial charge in [-0.2, -0.15) is 0 Å². The first kappa shape index (κ1) is 10.3. The fourth-order valence-electron chi connectivity index (χ4n) is 1.59. The van der Waals surface area contributed by atoms with Crippen molar-refractivity contribution in [2.75, 3.05) is 6.61 Å². The molecule has 1 unspecified atom stereocenters. The van der Waals surface area contributed by atoms with Gasteiger partial charge in [-0.1, -0.05) is 6.92 Å². The third kappa shape index (κ3) is 1.46. The van der Waals surface area contributed by atoms with Crippen LogP contribution in [0.3, 0.4) is 0 Å². The molecule has 0 fully saturated rings. The molecule has 1 atom stereocenters. The average molecular weight is 220 g/mol. The van der Waals surface area contributed by atoms with E-state index in [9.17, 15) is 17.6 Å². The molecule has 0 spiro atoms. The van der Waals surface area contributed by atoms with Gasteiger partial charge in [0.25, 0.3) is 5.92 Å². The van der Waals surface area contributed by atoms with Crippen molar-refractivity contribution < 1.29 is 22.3 Å². The van der Waals surface area contributed by atoms with E-state index in [1.165, 1.54) is 6.07 Å². The summed E-state index contributed by atoms with van der Waals surface area (Å²) in [6.07, 6.45) is 0. The molecule has 1 heterocycles. The number of alkyl halides is 2. The Bertz CT molecular complexity index is 403. The van der Waals surface area contributed by atoms with Crippen molar-refractivity contribution in [3.8, 4) is 5.75 Å². The highest BCUT2D eigenvalue weighted by Gasteiger charge is 2.45. The fraction of sp³-hybridized carbons (Fsp3) is 0.400. The molecule has 0 aromatic heterocycles. The number of halogens is 4. The normalized spacial score (nSPS) is 23.1. The van der Waals surface area contributed by atoms with Gasteiger partial charge in [0, 0.05) is 5.56 Å². The van der Waals surface area contributed by atoms with E-state index in [4.69, 9.17) is 0 Å². The standard InChI is InChI=1S/C10H8F4O/c1-5-8-7(15-4-10(5,13)14)3-2-6(11)9(8)12/h2-3,5H,4H2,1H3. The SMILES string of the molecule is CC1c2c(ccc(F)c2F)OCC1(F)F. The Balaban J connectivity index is 2.59. The van der Waals surface area contributed by atoms with Crippen LogP contribution < -0.4 is 4.74 Å². The second-order valence-corrected chi connectivity index (χ2v) is 3.54. The highest BCUT2D eigenvalue weighted by atomic mass is 19.3. The molecule has 1 aliphatic rings. The maximum atomic E-state index is 13.3. The van der Waals surface area contributed by atoms with Crippen LogP contribution in [0.1, 0.15) is 18.4 Å². The summed E-state index contributed by atoms with van der Waals surface area (Å²) in [5, 5.41) is 0. The maximum absolute atomic E-state index is 13.3. The minimum absolute atomic E-state index is 0.00711. The average Bonchev–Trinajstić information content (AvgIpc) is 2.17. The molecule has 82 valence electrons. The number of ether oxygens (including phenoxy) is 1. The minimum Gasteiger partial charge on any atom is -0.487 e. The van der Waals surface area contributed by atoms with E-state index < -0.39 is 30.1 Å². The minimum atomic E-state index is -3.17. The molecular weight excluding hydrogens is 212 g/mol. The van der Waals surface area contributed by atoms with Crippen LogP contribution >= 0.6 is 0 Å². The predicted octanol–water partition coefficient (Wildman–Crippen LogP) is 3.10. The Labute approximate surface area is 83.7 Å². The van der Waals surface area contributed by atoms with E-state index in [2.05, 4.69) is 4.74 Å². The third-order valence-electron chi connectivity index (χ3n) is 2.58. The van der Waals surface area contributed by atoms with Crippen LogP contribution in [0.4, 0.5) is 17.6 Å². The molecule has 5 heteroatoms. The summed E-state index contributed by atoms with van der Waals surface area (Å²) in [5.41, 5.74) is -0.383. The summed E-state index contributed by atoms with van der Waals surface area (Å²) in [4.78, 5) is 0. The molecule has 1 nitrogen and oxygen atoms in total. The number of benzene rings is 1. The largest absolute Gasteiger partial charge is 0.487 e. The summed E-state index contributed by atoms with van der Waals surface area (Å²) in [6, 6.07) is 2.03. The summed E-state index contributed by atoms with van der Waals surface area (Å²) >= 11 is 0. The van der Waals surface area contributed by atoms with E-state index in [1.807, 2.05) is 0 Å². The summed E-state index contributed by atoms with van der Waals surface area (Å²) < 4.78 is 57.2. The predicted molar refractivity (Wildman–Crippen MR) is 45.2 cm³/mol. The van der Waals surface area contributed by atoms with Crippen LogP contribution in [0.15, 0.2) is 12.1 Å².